The number of rotatable bonds is 6. The first-order valence-electron chi connectivity index (χ1n) is 9.34. The number of aromatic nitrogens is 1. The highest BCUT2D eigenvalue weighted by Crippen LogP contribution is 2.34. The summed E-state index contributed by atoms with van der Waals surface area (Å²) in [5.74, 6) is -0.408. The van der Waals surface area contributed by atoms with E-state index in [1.807, 2.05) is 30.3 Å². The van der Waals surface area contributed by atoms with E-state index in [-0.39, 0.29) is 23.6 Å². The number of benzene rings is 3. The molecule has 4 rings (SSSR count). The van der Waals surface area contributed by atoms with E-state index in [1.165, 1.54) is 29.5 Å². The highest BCUT2D eigenvalue weighted by molar-refractivity contribution is 7.21. The Bertz CT molecular complexity index is 1270. The Balaban J connectivity index is 1.63. The van der Waals surface area contributed by atoms with Gasteiger partial charge < -0.3 is 10.1 Å². The molecule has 0 aliphatic heterocycles. The number of nitro benzene ring substituents is 1. The first kappa shape index (κ1) is 20.8. The average molecular weight is 454 g/mol. The van der Waals surface area contributed by atoms with Crippen molar-refractivity contribution in [2.24, 2.45) is 0 Å². The van der Waals surface area contributed by atoms with Crippen LogP contribution in [-0.2, 0) is 0 Å². The summed E-state index contributed by atoms with van der Waals surface area (Å²) in [4.78, 5) is 28.1. The Morgan fingerprint density at radius 2 is 2.00 bits per heavy atom. The highest BCUT2D eigenvalue weighted by atomic mass is 35.5. The molecule has 0 spiro atoms. The minimum atomic E-state index is -0.581. The molecule has 1 heterocycles. The van der Waals surface area contributed by atoms with Gasteiger partial charge in [0.2, 0.25) is 0 Å². The van der Waals surface area contributed by atoms with Crippen LogP contribution in [-0.4, -0.2) is 22.4 Å². The van der Waals surface area contributed by atoms with Crippen LogP contribution in [0.5, 0.6) is 5.75 Å². The number of carbonyl (C=O) groups is 1. The standard InChI is InChI=1S/C22H16ClN3O4S/c1-2-30-19-10-8-13(12-18(19)26(28)29)21(27)24-17-11-14(7-9-15(17)23)22-25-16-5-3-4-6-20(16)31-22/h3-12H,2H2,1H3,(H,24,27). The van der Waals surface area contributed by atoms with Gasteiger partial charge in [-0.05, 0) is 43.3 Å². The van der Waals surface area contributed by atoms with E-state index in [4.69, 9.17) is 16.3 Å². The number of halogens is 1. The molecule has 1 aromatic heterocycles. The number of hydrogen-bond acceptors (Lipinski definition) is 6. The van der Waals surface area contributed by atoms with E-state index in [1.54, 1.807) is 19.1 Å². The molecule has 0 unspecified atom stereocenters. The van der Waals surface area contributed by atoms with Crippen LogP contribution in [0.4, 0.5) is 11.4 Å². The molecule has 0 atom stereocenters. The van der Waals surface area contributed by atoms with Gasteiger partial charge in [-0.25, -0.2) is 4.98 Å². The van der Waals surface area contributed by atoms with Crippen molar-refractivity contribution in [3.05, 3.63) is 81.4 Å². The molecule has 3 aromatic carbocycles. The first-order valence-corrected chi connectivity index (χ1v) is 10.5. The van der Waals surface area contributed by atoms with E-state index < -0.39 is 10.8 Å². The van der Waals surface area contributed by atoms with Gasteiger partial charge in [-0.3, -0.25) is 14.9 Å². The van der Waals surface area contributed by atoms with Crippen LogP contribution in [0.1, 0.15) is 17.3 Å². The monoisotopic (exact) mass is 453 g/mol. The van der Waals surface area contributed by atoms with Gasteiger partial charge in [0.15, 0.2) is 5.75 Å². The summed E-state index contributed by atoms with van der Waals surface area (Å²) < 4.78 is 6.32. The average Bonchev–Trinajstić information content (AvgIpc) is 3.20. The number of thiazole rings is 1. The maximum absolute atomic E-state index is 12.8. The molecule has 0 fully saturated rings. The minimum absolute atomic E-state index is 0.111. The Labute approximate surface area is 186 Å². The maximum atomic E-state index is 12.8. The lowest BCUT2D eigenvalue weighted by molar-refractivity contribution is -0.385. The van der Waals surface area contributed by atoms with Crippen molar-refractivity contribution in [1.82, 2.24) is 4.98 Å². The second-order valence-electron chi connectivity index (χ2n) is 6.51. The molecule has 9 heteroatoms. The summed E-state index contributed by atoms with van der Waals surface area (Å²) in [5.41, 5.74) is 1.93. The molecule has 4 aromatic rings. The van der Waals surface area contributed by atoms with E-state index in [2.05, 4.69) is 10.3 Å². The van der Waals surface area contributed by atoms with Crippen LogP contribution >= 0.6 is 22.9 Å². The fourth-order valence-corrected chi connectivity index (χ4v) is 4.15. The predicted octanol–water partition coefficient (Wildman–Crippen LogP) is 6.18. The van der Waals surface area contributed by atoms with Crippen LogP contribution in [0.3, 0.4) is 0 Å². The van der Waals surface area contributed by atoms with E-state index >= 15 is 0 Å². The van der Waals surface area contributed by atoms with Crippen molar-refractivity contribution < 1.29 is 14.5 Å². The molecular weight excluding hydrogens is 438 g/mol. The lowest BCUT2D eigenvalue weighted by Crippen LogP contribution is -2.13. The number of nitrogens with one attached hydrogen (secondary N) is 1. The smallest absolute Gasteiger partial charge is 0.311 e. The quantitative estimate of drug-likeness (QED) is 0.278. The number of nitro groups is 1. The largest absolute Gasteiger partial charge is 0.487 e. The normalized spacial score (nSPS) is 10.8. The van der Waals surface area contributed by atoms with E-state index in [0.29, 0.717) is 10.7 Å². The summed E-state index contributed by atoms with van der Waals surface area (Å²) in [6, 6.07) is 17.1. The summed E-state index contributed by atoms with van der Waals surface area (Å²) >= 11 is 7.82. The van der Waals surface area contributed by atoms with Crippen molar-refractivity contribution in [2.45, 2.75) is 6.92 Å². The van der Waals surface area contributed by atoms with Gasteiger partial charge in [0, 0.05) is 17.2 Å². The van der Waals surface area contributed by atoms with Crippen molar-refractivity contribution >= 4 is 50.4 Å². The predicted molar refractivity (Wildman–Crippen MR) is 122 cm³/mol. The molecule has 1 N–H and O–H groups in total. The van der Waals surface area contributed by atoms with Gasteiger partial charge in [0.1, 0.15) is 5.01 Å². The molecule has 156 valence electrons. The number of para-hydroxylation sites is 1. The number of amides is 1. The number of hydrogen-bond donors (Lipinski definition) is 1. The Morgan fingerprint density at radius 3 is 2.74 bits per heavy atom. The molecule has 0 bridgehead atoms. The topological polar surface area (TPSA) is 94.4 Å². The zero-order valence-electron chi connectivity index (χ0n) is 16.3. The first-order chi connectivity index (χ1) is 15.0. The maximum Gasteiger partial charge on any atom is 0.311 e. The number of fused-ring (bicyclic) bond motifs is 1. The number of ether oxygens (including phenoxy) is 1. The molecule has 0 saturated carbocycles. The second-order valence-corrected chi connectivity index (χ2v) is 7.95. The van der Waals surface area contributed by atoms with Gasteiger partial charge in [0.25, 0.3) is 5.91 Å². The van der Waals surface area contributed by atoms with E-state index in [0.717, 1.165) is 20.8 Å². The zero-order valence-corrected chi connectivity index (χ0v) is 17.9. The third-order valence-corrected chi connectivity index (χ3v) is 5.89. The third-order valence-electron chi connectivity index (χ3n) is 4.47. The van der Waals surface area contributed by atoms with Crippen molar-refractivity contribution in [1.29, 1.82) is 0 Å². The van der Waals surface area contributed by atoms with Gasteiger partial charge in [-0.2, -0.15) is 0 Å². The van der Waals surface area contributed by atoms with Crippen LogP contribution in [0, 0.1) is 10.1 Å². The van der Waals surface area contributed by atoms with Crippen LogP contribution in [0.25, 0.3) is 20.8 Å². The number of anilines is 1. The summed E-state index contributed by atoms with van der Waals surface area (Å²) in [6.45, 7) is 2.01. The molecule has 31 heavy (non-hydrogen) atoms. The SMILES string of the molecule is CCOc1ccc(C(=O)Nc2cc(-c3nc4ccccc4s3)ccc2Cl)cc1[N+](=O)[O-]. The summed E-state index contributed by atoms with van der Waals surface area (Å²) in [6.07, 6.45) is 0. The molecule has 0 radical (unpaired) electrons. The molecule has 1 amide bonds. The van der Waals surface area contributed by atoms with Crippen molar-refractivity contribution in [3.8, 4) is 16.3 Å². The molecule has 7 nitrogen and oxygen atoms in total. The third kappa shape index (κ3) is 4.35. The van der Waals surface area contributed by atoms with Gasteiger partial charge in [0.05, 0.1) is 32.5 Å². The fraction of sp³-hybridized carbons (Fsp3) is 0.0909. The van der Waals surface area contributed by atoms with Crippen molar-refractivity contribution in [3.63, 3.8) is 0 Å². The fourth-order valence-electron chi connectivity index (χ4n) is 3.02. The number of nitrogens with zero attached hydrogens (tertiary/aromatic N) is 2. The van der Waals surface area contributed by atoms with Crippen LogP contribution < -0.4 is 10.1 Å². The zero-order chi connectivity index (χ0) is 22.0. The highest BCUT2D eigenvalue weighted by Gasteiger charge is 2.19. The second kappa shape index (κ2) is 8.71. The number of carbonyl (C=O) groups excluding carboxylic acids is 1. The molecule has 0 saturated heterocycles. The lowest BCUT2D eigenvalue weighted by atomic mass is 10.1. The molecular formula is C22H16ClN3O4S. The Kier molecular flexibility index (Phi) is 5.83. The summed E-state index contributed by atoms with van der Waals surface area (Å²) in [5, 5.41) is 15.2. The lowest BCUT2D eigenvalue weighted by Gasteiger charge is -2.10. The minimum Gasteiger partial charge on any atom is -0.487 e. The van der Waals surface area contributed by atoms with Gasteiger partial charge in [-0.15, -0.1) is 11.3 Å². The van der Waals surface area contributed by atoms with Gasteiger partial charge >= 0.3 is 5.69 Å². The van der Waals surface area contributed by atoms with Gasteiger partial charge in [-0.1, -0.05) is 29.8 Å². The Hall–Kier alpha value is -3.49. The van der Waals surface area contributed by atoms with Crippen LogP contribution in [0.2, 0.25) is 5.02 Å². The summed E-state index contributed by atoms with van der Waals surface area (Å²) in [7, 11) is 0. The van der Waals surface area contributed by atoms with Crippen LogP contribution in [0.15, 0.2) is 60.7 Å². The molecule has 0 aliphatic carbocycles. The molecule has 0 aliphatic rings. The Morgan fingerprint density at radius 1 is 1.19 bits per heavy atom. The van der Waals surface area contributed by atoms with E-state index in [9.17, 15) is 14.9 Å². The van der Waals surface area contributed by atoms with Crippen molar-refractivity contribution in [2.75, 3.05) is 11.9 Å².